The molecule has 1 N–H and O–H groups in total. The van der Waals surface area contributed by atoms with Gasteiger partial charge in [-0.05, 0) is 65.9 Å². The maximum atomic E-state index is 15.4. The maximum absolute atomic E-state index is 15.4. The molecule has 9 heteroatoms. The van der Waals surface area contributed by atoms with Crippen molar-refractivity contribution in [2.45, 2.75) is 25.8 Å². The van der Waals surface area contributed by atoms with Crippen molar-refractivity contribution in [2.75, 3.05) is 10.2 Å². The van der Waals surface area contributed by atoms with Gasteiger partial charge in [0, 0.05) is 31.5 Å². The molecule has 3 aromatic heterocycles. The summed E-state index contributed by atoms with van der Waals surface area (Å²) in [6.07, 6.45) is 5.57. The summed E-state index contributed by atoms with van der Waals surface area (Å²) < 4.78 is 17.1. The molecule has 1 amide bonds. The lowest BCUT2D eigenvalue weighted by Gasteiger charge is -2.23. The van der Waals surface area contributed by atoms with Crippen LogP contribution in [0.25, 0.3) is 11.1 Å². The third-order valence-electron chi connectivity index (χ3n) is 5.96. The molecule has 7 nitrogen and oxygen atoms in total. The number of rotatable bonds is 5. The Hall–Kier alpha value is -3.78. The van der Waals surface area contributed by atoms with E-state index in [1.807, 2.05) is 38.2 Å². The van der Waals surface area contributed by atoms with E-state index in [2.05, 4.69) is 20.4 Å². The molecule has 0 saturated carbocycles. The molecule has 1 atom stereocenters. The molecular weight excluding hydrogens is 455 g/mol. The Bertz CT molecular complexity index is 1390. The molecule has 34 heavy (non-hydrogen) atoms. The van der Waals surface area contributed by atoms with Crippen LogP contribution >= 0.6 is 11.6 Å². The van der Waals surface area contributed by atoms with E-state index >= 15 is 4.39 Å². The van der Waals surface area contributed by atoms with E-state index in [1.165, 1.54) is 6.07 Å². The van der Waals surface area contributed by atoms with Gasteiger partial charge in [0.25, 0.3) is 0 Å². The molecule has 5 rings (SSSR count). The van der Waals surface area contributed by atoms with Crippen LogP contribution in [0.5, 0.6) is 0 Å². The van der Waals surface area contributed by atoms with Crippen LogP contribution in [0, 0.1) is 5.82 Å². The van der Waals surface area contributed by atoms with Crippen LogP contribution in [0.15, 0.2) is 61.1 Å². The van der Waals surface area contributed by atoms with Crippen molar-refractivity contribution in [3.05, 3.63) is 83.2 Å². The van der Waals surface area contributed by atoms with E-state index < -0.39 is 5.82 Å². The average Bonchev–Trinajstić information content (AvgIpc) is 3.37. The number of carbonyl (C=O) groups excluding carboxylic acids is 1. The number of anilines is 3. The van der Waals surface area contributed by atoms with Gasteiger partial charge in [-0.2, -0.15) is 5.10 Å². The number of benzene rings is 1. The predicted octanol–water partition coefficient (Wildman–Crippen LogP) is 4.93. The second-order valence-electron chi connectivity index (χ2n) is 8.31. The van der Waals surface area contributed by atoms with Crippen LogP contribution in [0.1, 0.15) is 18.1 Å². The van der Waals surface area contributed by atoms with Crippen LogP contribution < -0.4 is 10.2 Å². The molecule has 0 radical (unpaired) electrons. The molecule has 1 aliphatic heterocycles. The van der Waals surface area contributed by atoms with Crippen LogP contribution in [0.2, 0.25) is 5.15 Å². The first kappa shape index (κ1) is 22.0. The van der Waals surface area contributed by atoms with E-state index in [0.717, 1.165) is 22.5 Å². The van der Waals surface area contributed by atoms with Crippen molar-refractivity contribution in [2.24, 2.45) is 7.05 Å². The van der Waals surface area contributed by atoms with Gasteiger partial charge in [0.2, 0.25) is 5.91 Å². The summed E-state index contributed by atoms with van der Waals surface area (Å²) >= 11 is 6.13. The Morgan fingerprint density at radius 2 is 2.00 bits per heavy atom. The Labute approximate surface area is 201 Å². The molecule has 1 aromatic carbocycles. The summed E-state index contributed by atoms with van der Waals surface area (Å²) in [5.41, 5.74) is 3.30. The molecule has 1 aliphatic rings. The van der Waals surface area contributed by atoms with Crippen molar-refractivity contribution < 1.29 is 9.18 Å². The number of hydrogen-bond acceptors (Lipinski definition) is 5. The molecule has 0 fully saturated rings. The van der Waals surface area contributed by atoms with E-state index in [1.54, 1.807) is 40.3 Å². The zero-order chi connectivity index (χ0) is 23.8. The predicted molar refractivity (Wildman–Crippen MR) is 130 cm³/mol. The van der Waals surface area contributed by atoms with Crippen molar-refractivity contribution >= 4 is 34.8 Å². The molecule has 4 aromatic rings. The molecule has 0 spiro atoms. The topological polar surface area (TPSA) is 75.9 Å². The van der Waals surface area contributed by atoms with E-state index in [9.17, 15) is 4.79 Å². The number of carbonyl (C=O) groups is 1. The lowest BCUT2D eigenvalue weighted by atomic mass is 10.0. The van der Waals surface area contributed by atoms with Crippen molar-refractivity contribution in [3.63, 3.8) is 0 Å². The summed E-state index contributed by atoms with van der Waals surface area (Å²) in [5.74, 6) is 0.779. The summed E-state index contributed by atoms with van der Waals surface area (Å²) in [4.78, 5) is 23.0. The summed E-state index contributed by atoms with van der Waals surface area (Å²) in [7, 11) is 1.83. The SMILES string of the molecule is CC1Cc2cc(-c3ccnc(Nc4ccnn4C)c3)cc(F)c2N1C(=O)Cc1cccnc1Cl. The number of aromatic nitrogens is 4. The Morgan fingerprint density at radius 1 is 1.15 bits per heavy atom. The Kier molecular flexibility index (Phi) is 5.75. The standard InChI is InChI=1S/C25H22ClFN6O/c1-15-10-19-11-18(16-5-8-28-21(13-16)31-22-6-9-30-32(22)2)12-20(27)24(19)33(15)23(34)14-17-4-3-7-29-25(17)26/h3-9,11-13,15H,10,14H2,1-2H3,(H,28,31). The molecule has 172 valence electrons. The minimum Gasteiger partial charge on any atom is -0.325 e. The Balaban J connectivity index is 1.44. The van der Waals surface area contributed by atoms with Crippen molar-refractivity contribution in [3.8, 4) is 11.1 Å². The van der Waals surface area contributed by atoms with Gasteiger partial charge in [-0.3, -0.25) is 9.48 Å². The second kappa shape index (κ2) is 8.87. The first-order valence-electron chi connectivity index (χ1n) is 10.9. The molecule has 0 aliphatic carbocycles. The first-order chi connectivity index (χ1) is 16.4. The van der Waals surface area contributed by atoms with E-state index in [0.29, 0.717) is 23.5 Å². The van der Waals surface area contributed by atoms with E-state index in [-0.39, 0.29) is 23.5 Å². The van der Waals surface area contributed by atoms with Gasteiger partial charge in [-0.25, -0.2) is 14.4 Å². The van der Waals surface area contributed by atoms with Crippen LogP contribution in [-0.4, -0.2) is 31.7 Å². The molecule has 4 heterocycles. The highest BCUT2D eigenvalue weighted by atomic mass is 35.5. The number of halogens is 2. The molecular formula is C25H22ClFN6O. The van der Waals surface area contributed by atoms with Crippen LogP contribution in [0.3, 0.4) is 0 Å². The van der Waals surface area contributed by atoms with Crippen molar-refractivity contribution in [1.82, 2.24) is 19.7 Å². The van der Waals surface area contributed by atoms with E-state index in [4.69, 9.17) is 11.6 Å². The third kappa shape index (κ3) is 4.12. The number of hydrogen-bond donors (Lipinski definition) is 1. The van der Waals surface area contributed by atoms with Gasteiger partial charge in [0.05, 0.1) is 18.3 Å². The monoisotopic (exact) mass is 476 g/mol. The number of nitrogens with zero attached hydrogens (tertiary/aromatic N) is 5. The minimum absolute atomic E-state index is 0.0606. The fourth-order valence-electron chi connectivity index (χ4n) is 4.35. The van der Waals surface area contributed by atoms with Crippen molar-refractivity contribution in [1.29, 1.82) is 0 Å². The van der Waals surface area contributed by atoms with Gasteiger partial charge >= 0.3 is 0 Å². The number of pyridine rings is 2. The highest BCUT2D eigenvalue weighted by molar-refractivity contribution is 6.30. The largest absolute Gasteiger partial charge is 0.325 e. The van der Waals surface area contributed by atoms with Gasteiger partial charge in [0.1, 0.15) is 22.6 Å². The van der Waals surface area contributed by atoms with Gasteiger partial charge in [-0.1, -0.05) is 17.7 Å². The lowest BCUT2D eigenvalue weighted by molar-refractivity contribution is -0.118. The Morgan fingerprint density at radius 3 is 2.76 bits per heavy atom. The number of fused-ring (bicyclic) bond motifs is 1. The zero-order valence-electron chi connectivity index (χ0n) is 18.7. The third-order valence-corrected chi connectivity index (χ3v) is 6.30. The smallest absolute Gasteiger partial charge is 0.231 e. The number of amides is 1. The fraction of sp³-hybridized carbons (Fsp3) is 0.200. The molecule has 1 unspecified atom stereocenters. The normalized spacial score (nSPS) is 14.8. The highest BCUT2D eigenvalue weighted by Gasteiger charge is 2.34. The second-order valence-corrected chi connectivity index (χ2v) is 8.67. The highest BCUT2D eigenvalue weighted by Crippen LogP contribution is 2.39. The number of nitrogens with one attached hydrogen (secondary N) is 1. The first-order valence-corrected chi connectivity index (χ1v) is 11.2. The summed E-state index contributed by atoms with van der Waals surface area (Å²) in [6.45, 7) is 1.92. The van der Waals surface area contributed by atoms with Gasteiger partial charge in [0.15, 0.2) is 0 Å². The van der Waals surface area contributed by atoms with Crippen LogP contribution in [-0.2, 0) is 24.7 Å². The zero-order valence-corrected chi connectivity index (χ0v) is 19.4. The molecule has 0 saturated heterocycles. The molecule has 0 bridgehead atoms. The lowest BCUT2D eigenvalue weighted by Crippen LogP contribution is -2.37. The minimum atomic E-state index is -0.430. The van der Waals surface area contributed by atoms with Gasteiger partial charge < -0.3 is 10.2 Å². The average molecular weight is 477 g/mol. The van der Waals surface area contributed by atoms with Crippen LogP contribution in [0.4, 0.5) is 21.7 Å². The van der Waals surface area contributed by atoms with Gasteiger partial charge in [-0.15, -0.1) is 0 Å². The number of aryl methyl sites for hydroxylation is 1. The quantitative estimate of drug-likeness (QED) is 0.413. The summed E-state index contributed by atoms with van der Waals surface area (Å²) in [5, 5.41) is 7.63. The fourth-order valence-corrected chi connectivity index (χ4v) is 4.54. The maximum Gasteiger partial charge on any atom is 0.231 e. The summed E-state index contributed by atoms with van der Waals surface area (Å²) in [6, 6.07) is 12.3.